The number of hydrogen-bond acceptors (Lipinski definition) is 5. The number of esters is 2. The van der Waals surface area contributed by atoms with E-state index < -0.39 is 24.5 Å². The molecule has 1 amide bonds. The molecular formula is C21H26N2O5. The van der Waals surface area contributed by atoms with Gasteiger partial charge in [0.2, 0.25) is 0 Å². The van der Waals surface area contributed by atoms with Crippen molar-refractivity contribution >= 4 is 23.5 Å². The molecular weight excluding hydrogens is 360 g/mol. The molecule has 0 bridgehead atoms. The highest BCUT2D eigenvalue weighted by Crippen LogP contribution is 2.20. The second-order valence-corrected chi connectivity index (χ2v) is 6.75. The Balaban J connectivity index is 1.98. The number of H-pyrrole nitrogens is 1. The first-order valence-corrected chi connectivity index (χ1v) is 9.19. The van der Waals surface area contributed by atoms with Gasteiger partial charge in [-0.1, -0.05) is 19.1 Å². The van der Waals surface area contributed by atoms with Crippen LogP contribution in [0.4, 0.5) is 5.69 Å². The molecule has 0 unspecified atom stereocenters. The van der Waals surface area contributed by atoms with E-state index in [1.54, 1.807) is 39.8 Å². The zero-order chi connectivity index (χ0) is 20.8. The number of aromatic nitrogens is 1. The average molecular weight is 386 g/mol. The minimum absolute atomic E-state index is 0.133. The first-order chi connectivity index (χ1) is 13.2. The Bertz CT molecular complexity index is 866. The first kappa shape index (κ1) is 21.2. The lowest BCUT2D eigenvalue weighted by Crippen LogP contribution is -2.21. The quantitative estimate of drug-likeness (QED) is 0.709. The van der Waals surface area contributed by atoms with E-state index in [-0.39, 0.29) is 11.8 Å². The van der Waals surface area contributed by atoms with Crippen LogP contribution < -0.4 is 5.32 Å². The third kappa shape index (κ3) is 5.22. The van der Waals surface area contributed by atoms with Crippen molar-refractivity contribution in [1.82, 2.24) is 4.98 Å². The van der Waals surface area contributed by atoms with Crippen molar-refractivity contribution in [1.29, 1.82) is 0 Å². The molecule has 28 heavy (non-hydrogen) atoms. The Hall–Kier alpha value is -3.09. The highest BCUT2D eigenvalue weighted by Gasteiger charge is 2.24. The van der Waals surface area contributed by atoms with Crippen LogP contribution in [0.1, 0.15) is 58.4 Å². The van der Waals surface area contributed by atoms with E-state index in [4.69, 9.17) is 9.47 Å². The van der Waals surface area contributed by atoms with Gasteiger partial charge < -0.3 is 19.8 Å². The average Bonchev–Trinajstić information content (AvgIpc) is 2.94. The van der Waals surface area contributed by atoms with Gasteiger partial charge in [0, 0.05) is 11.4 Å². The lowest BCUT2D eigenvalue weighted by Gasteiger charge is -2.08. The van der Waals surface area contributed by atoms with E-state index >= 15 is 0 Å². The van der Waals surface area contributed by atoms with E-state index in [2.05, 4.69) is 10.3 Å². The second-order valence-electron chi connectivity index (χ2n) is 6.75. The topological polar surface area (TPSA) is 97.5 Å². The van der Waals surface area contributed by atoms with Gasteiger partial charge in [0.05, 0.1) is 11.7 Å². The normalized spacial score (nSPS) is 10.6. The summed E-state index contributed by atoms with van der Waals surface area (Å²) in [5.41, 5.74) is 3.17. The van der Waals surface area contributed by atoms with E-state index in [0.29, 0.717) is 22.5 Å². The van der Waals surface area contributed by atoms with Crippen LogP contribution in [0.5, 0.6) is 0 Å². The van der Waals surface area contributed by atoms with Gasteiger partial charge in [-0.15, -0.1) is 0 Å². The summed E-state index contributed by atoms with van der Waals surface area (Å²) in [6.07, 6.45) is 0.639. The number of carbonyl (C=O) groups excluding carboxylic acids is 3. The Labute approximate surface area is 164 Å². The molecule has 0 saturated heterocycles. The molecule has 0 aliphatic carbocycles. The summed E-state index contributed by atoms with van der Waals surface area (Å²) in [4.78, 5) is 39.4. The number of anilines is 1. The molecule has 1 aromatic heterocycles. The number of carbonyl (C=O) groups is 3. The molecule has 2 N–H and O–H groups in total. The van der Waals surface area contributed by atoms with Crippen LogP contribution in [-0.2, 0) is 20.7 Å². The van der Waals surface area contributed by atoms with Crippen LogP contribution >= 0.6 is 0 Å². The van der Waals surface area contributed by atoms with Crippen molar-refractivity contribution in [3.05, 3.63) is 52.3 Å². The summed E-state index contributed by atoms with van der Waals surface area (Å²) in [6, 6.07) is 7.43. The van der Waals surface area contributed by atoms with Crippen LogP contribution in [0.2, 0.25) is 0 Å². The van der Waals surface area contributed by atoms with Crippen molar-refractivity contribution in [2.24, 2.45) is 0 Å². The fourth-order valence-corrected chi connectivity index (χ4v) is 2.76. The largest absolute Gasteiger partial charge is 0.459 e. The number of benzene rings is 1. The van der Waals surface area contributed by atoms with Crippen molar-refractivity contribution in [2.75, 3.05) is 11.9 Å². The second kappa shape index (κ2) is 9.21. The summed E-state index contributed by atoms with van der Waals surface area (Å²) in [6.45, 7) is 8.42. The lowest BCUT2D eigenvalue weighted by molar-refractivity contribution is -0.119. The van der Waals surface area contributed by atoms with E-state index in [0.717, 1.165) is 12.0 Å². The number of aromatic amines is 1. The van der Waals surface area contributed by atoms with Gasteiger partial charge in [0.15, 0.2) is 6.61 Å². The smallest absolute Gasteiger partial charge is 0.355 e. The molecule has 0 aliphatic heterocycles. The summed E-state index contributed by atoms with van der Waals surface area (Å²) in [7, 11) is 0. The van der Waals surface area contributed by atoms with Gasteiger partial charge >= 0.3 is 11.9 Å². The Morgan fingerprint density at radius 1 is 1.07 bits per heavy atom. The van der Waals surface area contributed by atoms with Crippen LogP contribution in [0.15, 0.2) is 24.3 Å². The number of nitrogens with one attached hydrogen (secondary N) is 2. The van der Waals surface area contributed by atoms with Gasteiger partial charge in [0.25, 0.3) is 5.91 Å². The molecule has 1 heterocycles. The maximum atomic E-state index is 12.3. The number of ether oxygens (including phenoxy) is 2. The first-order valence-electron chi connectivity index (χ1n) is 9.19. The van der Waals surface area contributed by atoms with E-state index in [1.165, 1.54) is 0 Å². The van der Waals surface area contributed by atoms with Crippen molar-refractivity contribution < 1.29 is 23.9 Å². The zero-order valence-electron chi connectivity index (χ0n) is 16.8. The molecule has 0 fully saturated rings. The minimum Gasteiger partial charge on any atom is -0.459 e. The fourth-order valence-electron chi connectivity index (χ4n) is 2.76. The van der Waals surface area contributed by atoms with Crippen molar-refractivity contribution in [2.45, 2.75) is 47.1 Å². The summed E-state index contributed by atoms with van der Waals surface area (Å²) < 4.78 is 10.3. The van der Waals surface area contributed by atoms with Crippen molar-refractivity contribution in [3.8, 4) is 0 Å². The molecule has 7 nitrogen and oxygen atoms in total. The lowest BCUT2D eigenvalue weighted by atomic mass is 10.1. The maximum absolute atomic E-state index is 12.3. The molecule has 1 aromatic carbocycles. The van der Waals surface area contributed by atoms with E-state index in [9.17, 15) is 14.4 Å². The maximum Gasteiger partial charge on any atom is 0.355 e. The third-order valence-electron chi connectivity index (χ3n) is 4.17. The predicted molar refractivity (Wildman–Crippen MR) is 106 cm³/mol. The van der Waals surface area contributed by atoms with Crippen LogP contribution in [0.3, 0.4) is 0 Å². The fraction of sp³-hybridized carbons (Fsp3) is 0.381. The Kier molecular flexibility index (Phi) is 6.98. The van der Waals surface area contributed by atoms with Crippen molar-refractivity contribution in [3.63, 3.8) is 0 Å². The molecule has 0 atom stereocenters. The number of hydrogen-bond donors (Lipinski definition) is 2. The summed E-state index contributed by atoms with van der Waals surface area (Å²) in [5.74, 6) is -1.66. The zero-order valence-corrected chi connectivity index (χ0v) is 16.8. The molecule has 7 heteroatoms. The van der Waals surface area contributed by atoms with Gasteiger partial charge in [-0.3, -0.25) is 4.79 Å². The highest BCUT2D eigenvalue weighted by atomic mass is 16.5. The molecule has 0 saturated carbocycles. The van der Waals surface area contributed by atoms with Gasteiger partial charge in [-0.2, -0.15) is 0 Å². The number of amides is 1. The van der Waals surface area contributed by atoms with Gasteiger partial charge in [-0.05, 0) is 57.4 Å². The standard InChI is InChI=1S/C21H26N2O5/c1-6-15-7-9-16(10-8-15)23-17(24)11-27-21(26)19-13(4)18(14(5)22-19)20(25)28-12(2)3/h7-10,12,22H,6,11H2,1-5H3,(H,23,24). The monoisotopic (exact) mass is 386 g/mol. The Morgan fingerprint density at radius 2 is 1.71 bits per heavy atom. The third-order valence-corrected chi connectivity index (χ3v) is 4.17. The van der Waals surface area contributed by atoms with Crippen LogP contribution in [0.25, 0.3) is 0 Å². The van der Waals surface area contributed by atoms with Gasteiger partial charge in [0.1, 0.15) is 5.69 Å². The van der Waals surface area contributed by atoms with Gasteiger partial charge in [-0.25, -0.2) is 9.59 Å². The molecule has 0 radical (unpaired) electrons. The molecule has 2 aromatic rings. The molecule has 0 aliphatic rings. The van der Waals surface area contributed by atoms with Crippen LogP contribution in [-0.4, -0.2) is 35.5 Å². The molecule has 0 spiro atoms. The summed E-state index contributed by atoms with van der Waals surface area (Å²) in [5, 5.41) is 2.67. The minimum atomic E-state index is -0.708. The highest BCUT2D eigenvalue weighted by molar-refractivity contribution is 5.99. The molecule has 2 rings (SSSR count). The SMILES string of the molecule is CCc1ccc(NC(=O)COC(=O)c2[nH]c(C)c(C(=O)OC(C)C)c2C)cc1. The van der Waals surface area contributed by atoms with Crippen LogP contribution in [0, 0.1) is 13.8 Å². The number of rotatable bonds is 7. The number of aryl methyl sites for hydroxylation is 2. The Morgan fingerprint density at radius 3 is 2.29 bits per heavy atom. The molecule has 150 valence electrons. The predicted octanol–water partition coefficient (Wildman–Crippen LogP) is 3.55. The summed E-state index contributed by atoms with van der Waals surface area (Å²) >= 11 is 0. The van der Waals surface area contributed by atoms with E-state index in [1.807, 2.05) is 19.1 Å².